The van der Waals surface area contributed by atoms with Crippen LogP contribution in [0.4, 0.5) is 5.69 Å². The van der Waals surface area contributed by atoms with E-state index in [1.165, 1.54) is 19.0 Å². The molecular weight excluding hydrogens is 520 g/mol. The molecule has 0 unspecified atom stereocenters. The fraction of sp³-hybridized carbons (Fsp3) is 0.417. The lowest BCUT2D eigenvalue weighted by Crippen LogP contribution is -2.53. The van der Waals surface area contributed by atoms with E-state index in [1.54, 1.807) is 37.3 Å². The Morgan fingerprint density at radius 2 is 1.68 bits per heavy atom. The van der Waals surface area contributed by atoms with E-state index in [2.05, 4.69) is 21.2 Å². The number of nitrogens with zero attached hydrogens (tertiary/aromatic N) is 3. The summed E-state index contributed by atoms with van der Waals surface area (Å²) in [5, 5.41) is 2.91. The minimum absolute atomic E-state index is 0.0484. The second-order valence-corrected chi connectivity index (χ2v) is 11.3. The summed E-state index contributed by atoms with van der Waals surface area (Å²) in [5.74, 6) is -0.777. The van der Waals surface area contributed by atoms with Crippen LogP contribution in [0.1, 0.15) is 32.8 Å². The Bertz CT molecular complexity index is 1080. The first-order valence-corrected chi connectivity index (χ1v) is 13.3. The average Bonchev–Trinajstić information content (AvgIpc) is 2.80. The van der Waals surface area contributed by atoms with Crippen molar-refractivity contribution in [3.63, 3.8) is 0 Å². The van der Waals surface area contributed by atoms with Crippen molar-refractivity contribution in [3.8, 4) is 0 Å². The SMILES string of the molecule is CC[C@@H](C)NC(=O)[C@@H](C)N(Cc1cccc(Br)c1)C(=O)CN(c1ccccc1)S(=O)(=O)N(C)C. The molecule has 0 aromatic heterocycles. The molecular formula is C24H33BrN4O4S. The van der Waals surface area contributed by atoms with Crippen molar-refractivity contribution in [1.29, 1.82) is 0 Å². The van der Waals surface area contributed by atoms with Crippen molar-refractivity contribution in [2.45, 2.75) is 45.8 Å². The lowest BCUT2D eigenvalue weighted by molar-refractivity contribution is -0.139. The lowest BCUT2D eigenvalue weighted by atomic mass is 10.1. The van der Waals surface area contributed by atoms with Gasteiger partial charge in [0.2, 0.25) is 11.8 Å². The first-order chi connectivity index (χ1) is 16.0. The maximum Gasteiger partial charge on any atom is 0.304 e. The molecule has 0 aliphatic heterocycles. The zero-order chi connectivity index (χ0) is 25.5. The van der Waals surface area contributed by atoms with Gasteiger partial charge in [0.05, 0.1) is 5.69 Å². The van der Waals surface area contributed by atoms with Crippen LogP contribution in [0.3, 0.4) is 0 Å². The van der Waals surface area contributed by atoms with Gasteiger partial charge in [-0.2, -0.15) is 12.7 Å². The highest BCUT2D eigenvalue weighted by Gasteiger charge is 2.32. The number of rotatable bonds is 11. The predicted octanol–water partition coefficient (Wildman–Crippen LogP) is 3.39. The Balaban J connectivity index is 2.42. The molecule has 186 valence electrons. The first kappa shape index (κ1) is 27.8. The number of para-hydroxylation sites is 1. The highest BCUT2D eigenvalue weighted by atomic mass is 79.9. The Hall–Kier alpha value is -2.43. The summed E-state index contributed by atoms with van der Waals surface area (Å²) in [6.07, 6.45) is 0.751. The second-order valence-electron chi connectivity index (χ2n) is 8.28. The molecule has 10 heteroatoms. The molecule has 1 N–H and O–H groups in total. The number of carbonyl (C=O) groups excluding carboxylic acids is 2. The maximum absolute atomic E-state index is 13.6. The summed E-state index contributed by atoms with van der Waals surface area (Å²) in [6.45, 7) is 5.22. The normalized spacial score (nSPS) is 13.3. The van der Waals surface area contributed by atoms with E-state index in [0.717, 1.165) is 25.1 Å². The molecule has 0 saturated heterocycles. The summed E-state index contributed by atoms with van der Waals surface area (Å²) < 4.78 is 29.1. The number of hydrogen-bond donors (Lipinski definition) is 1. The minimum atomic E-state index is -3.96. The molecule has 0 saturated carbocycles. The molecule has 0 heterocycles. The van der Waals surface area contributed by atoms with Gasteiger partial charge in [0.1, 0.15) is 12.6 Å². The van der Waals surface area contributed by atoms with Crippen molar-refractivity contribution >= 4 is 43.6 Å². The topological polar surface area (TPSA) is 90.0 Å². The Labute approximate surface area is 211 Å². The van der Waals surface area contributed by atoms with Gasteiger partial charge in [-0.15, -0.1) is 0 Å². The van der Waals surface area contributed by atoms with E-state index in [-0.39, 0.29) is 18.5 Å². The zero-order valence-electron chi connectivity index (χ0n) is 20.2. The van der Waals surface area contributed by atoms with Crippen LogP contribution in [0.2, 0.25) is 0 Å². The molecule has 0 bridgehead atoms. The van der Waals surface area contributed by atoms with Gasteiger partial charge >= 0.3 is 10.2 Å². The van der Waals surface area contributed by atoms with E-state index >= 15 is 0 Å². The van der Waals surface area contributed by atoms with Crippen LogP contribution in [0.15, 0.2) is 59.1 Å². The number of carbonyl (C=O) groups is 2. The monoisotopic (exact) mass is 552 g/mol. The van der Waals surface area contributed by atoms with Crippen LogP contribution in [0, 0.1) is 0 Å². The third-order valence-electron chi connectivity index (χ3n) is 5.47. The Morgan fingerprint density at radius 1 is 1.03 bits per heavy atom. The van der Waals surface area contributed by atoms with Crippen LogP contribution < -0.4 is 9.62 Å². The van der Waals surface area contributed by atoms with Gasteiger partial charge in [-0.1, -0.05) is 53.2 Å². The molecule has 2 aromatic rings. The van der Waals surface area contributed by atoms with E-state index in [0.29, 0.717) is 5.69 Å². The molecule has 0 spiro atoms. The quantitative estimate of drug-likeness (QED) is 0.462. The van der Waals surface area contributed by atoms with Crippen molar-refractivity contribution in [2.24, 2.45) is 0 Å². The number of halogens is 1. The molecule has 2 atom stereocenters. The number of anilines is 1. The van der Waals surface area contributed by atoms with E-state index < -0.39 is 28.7 Å². The smallest absolute Gasteiger partial charge is 0.304 e. The van der Waals surface area contributed by atoms with Crippen molar-refractivity contribution in [1.82, 2.24) is 14.5 Å². The van der Waals surface area contributed by atoms with E-state index in [4.69, 9.17) is 0 Å². The van der Waals surface area contributed by atoms with Gasteiger partial charge in [-0.05, 0) is 50.1 Å². The summed E-state index contributed by atoms with van der Waals surface area (Å²) in [5.41, 5.74) is 1.18. The summed E-state index contributed by atoms with van der Waals surface area (Å²) in [6, 6.07) is 15.0. The predicted molar refractivity (Wildman–Crippen MR) is 138 cm³/mol. The second kappa shape index (κ2) is 12.3. The summed E-state index contributed by atoms with van der Waals surface area (Å²) in [7, 11) is -1.13. The van der Waals surface area contributed by atoms with E-state index in [1.807, 2.05) is 38.1 Å². The number of benzene rings is 2. The van der Waals surface area contributed by atoms with E-state index in [9.17, 15) is 18.0 Å². The molecule has 8 nitrogen and oxygen atoms in total. The first-order valence-electron chi connectivity index (χ1n) is 11.1. The summed E-state index contributed by atoms with van der Waals surface area (Å²) >= 11 is 3.43. The van der Waals surface area contributed by atoms with Crippen LogP contribution in [-0.2, 0) is 26.3 Å². The largest absolute Gasteiger partial charge is 0.352 e. The molecule has 2 aromatic carbocycles. The van der Waals surface area contributed by atoms with Gasteiger partial charge in [-0.3, -0.25) is 9.59 Å². The number of nitrogens with one attached hydrogen (secondary N) is 1. The average molecular weight is 554 g/mol. The highest BCUT2D eigenvalue weighted by Crippen LogP contribution is 2.21. The molecule has 2 amide bonds. The zero-order valence-corrected chi connectivity index (χ0v) is 22.6. The van der Waals surface area contributed by atoms with Gasteiger partial charge in [-0.25, -0.2) is 4.31 Å². The van der Waals surface area contributed by atoms with Gasteiger partial charge in [0.25, 0.3) is 0 Å². The molecule has 34 heavy (non-hydrogen) atoms. The van der Waals surface area contributed by atoms with Crippen molar-refractivity contribution in [2.75, 3.05) is 24.9 Å². The third-order valence-corrected chi connectivity index (χ3v) is 7.79. The number of hydrogen-bond acceptors (Lipinski definition) is 4. The van der Waals surface area contributed by atoms with Crippen LogP contribution >= 0.6 is 15.9 Å². The van der Waals surface area contributed by atoms with Crippen LogP contribution in [-0.4, -0.2) is 62.2 Å². The van der Waals surface area contributed by atoms with Crippen LogP contribution in [0.25, 0.3) is 0 Å². The fourth-order valence-corrected chi connectivity index (χ4v) is 4.69. The maximum atomic E-state index is 13.6. The van der Waals surface area contributed by atoms with Crippen LogP contribution in [0.5, 0.6) is 0 Å². The van der Waals surface area contributed by atoms with Gasteiger partial charge in [0, 0.05) is 31.2 Å². The summed E-state index contributed by atoms with van der Waals surface area (Å²) in [4.78, 5) is 27.9. The molecule has 2 rings (SSSR count). The van der Waals surface area contributed by atoms with Crippen molar-refractivity contribution < 1.29 is 18.0 Å². The Morgan fingerprint density at radius 3 is 2.24 bits per heavy atom. The third kappa shape index (κ3) is 7.28. The van der Waals surface area contributed by atoms with Gasteiger partial charge in [0.15, 0.2) is 0 Å². The minimum Gasteiger partial charge on any atom is -0.352 e. The molecule has 0 fully saturated rings. The highest BCUT2D eigenvalue weighted by molar-refractivity contribution is 9.10. The number of amides is 2. The van der Waals surface area contributed by atoms with Gasteiger partial charge < -0.3 is 10.2 Å². The fourth-order valence-electron chi connectivity index (χ4n) is 3.19. The molecule has 0 aliphatic carbocycles. The van der Waals surface area contributed by atoms with Crippen molar-refractivity contribution in [3.05, 3.63) is 64.6 Å². The lowest BCUT2D eigenvalue weighted by Gasteiger charge is -2.33. The molecule has 0 radical (unpaired) electrons. The Kier molecular flexibility index (Phi) is 10.1. The molecule has 0 aliphatic rings. The standard InChI is InChI=1S/C24H33BrN4O4S/c1-6-18(2)26-24(31)19(3)28(16-20-11-10-12-21(25)15-20)23(30)17-29(34(32,33)27(4)5)22-13-8-7-9-14-22/h7-15,18-19H,6,16-17H2,1-5H3,(H,26,31)/t18-,19-/m1/s1.